The Morgan fingerprint density at radius 1 is 1.47 bits per heavy atom. The number of imidazole rings is 1. The number of hydrogen-bond acceptors (Lipinski definition) is 3. The number of aryl methyl sites for hydroxylation is 1. The van der Waals surface area contributed by atoms with Crippen molar-refractivity contribution in [3.05, 3.63) is 35.8 Å². The first kappa shape index (κ1) is 12.1. The van der Waals surface area contributed by atoms with E-state index >= 15 is 0 Å². The molecule has 5 nitrogen and oxygen atoms in total. The van der Waals surface area contributed by atoms with Crippen LogP contribution < -0.4 is 4.72 Å². The van der Waals surface area contributed by atoms with Crippen LogP contribution in [0.4, 0.5) is 0 Å². The highest BCUT2D eigenvalue weighted by atomic mass is 32.2. The zero-order valence-electron chi connectivity index (χ0n) is 9.84. The molecule has 0 saturated carbocycles. The largest absolute Gasteiger partial charge is 0.307 e. The first-order valence-electron chi connectivity index (χ1n) is 5.33. The van der Waals surface area contributed by atoms with Crippen molar-refractivity contribution in [2.45, 2.75) is 13.3 Å². The minimum Gasteiger partial charge on any atom is -0.307 e. The van der Waals surface area contributed by atoms with E-state index in [1.807, 2.05) is 35.9 Å². The second-order valence-electron chi connectivity index (χ2n) is 4.12. The molecule has 0 aliphatic carbocycles. The normalized spacial score (nSPS) is 12.1. The lowest BCUT2D eigenvalue weighted by atomic mass is 10.3. The average Bonchev–Trinajstić information content (AvgIpc) is 2.57. The van der Waals surface area contributed by atoms with Crippen LogP contribution in [0.25, 0.3) is 5.65 Å². The van der Waals surface area contributed by atoms with Crippen LogP contribution in [-0.4, -0.2) is 30.6 Å². The Morgan fingerprint density at radius 2 is 2.24 bits per heavy atom. The molecule has 2 aromatic heterocycles. The molecule has 0 aliphatic rings. The van der Waals surface area contributed by atoms with Gasteiger partial charge in [-0.1, -0.05) is 0 Å². The number of pyridine rings is 1. The molecule has 0 amide bonds. The molecule has 2 heterocycles. The van der Waals surface area contributed by atoms with E-state index in [0.29, 0.717) is 13.0 Å². The van der Waals surface area contributed by atoms with Crippen LogP contribution in [0.1, 0.15) is 11.3 Å². The molecular weight excluding hydrogens is 238 g/mol. The first-order valence-corrected chi connectivity index (χ1v) is 7.22. The Hall–Kier alpha value is -1.40. The van der Waals surface area contributed by atoms with Crippen molar-refractivity contribution in [2.75, 3.05) is 12.8 Å². The van der Waals surface area contributed by atoms with E-state index in [1.54, 1.807) is 0 Å². The minimum absolute atomic E-state index is 0.377. The molecule has 0 spiro atoms. The fourth-order valence-corrected chi connectivity index (χ4v) is 2.09. The van der Waals surface area contributed by atoms with Gasteiger partial charge in [0.15, 0.2) is 0 Å². The molecular formula is C11H15N3O2S. The topological polar surface area (TPSA) is 63.5 Å². The lowest BCUT2D eigenvalue weighted by molar-refractivity contribution is 0.587. The Kier molecular flexibility index (Phi) is 3.17. The number of aromatic nitrogens is 2. The van der Waals surface area contributed by atoms with Crippen LogP contribution in [0.3, 0.4) is 0 Å². The molecule has 0 fully saturated rings. The van der Waals surface area contributed by atoms with Crippen LogP contribution in [-0.2, 0) is 16.4 Å². The highest BCUT2D eigenvalue weighted by molar-refractivity contribution is 7.88. The van der Waals surface area contributed by atoms with Gasteiger partial charge in [-0.2, -0.15) is 0 Å². The van der Waals surface area contributed by atoms with Crippen molar-refractivity contribution in [2.24, 2.45) is 0 Å². The van der Waals surface area contributed by atoms with Gasteiger partial charge >= 0.3 is 0 Å². The molecule has 2 rings (SSSR count). The summed E-state index contributed by atoms with van der Waals surface area (Å²) in [5.41, 5.74) is 2.93. The number of sulfonamides is 1. The standard InChI is InChI=1S/C11H15N3O2S/c1-9-4-6-14-8-10(13-11(14)7-9)3-5-12-17(2,15)16/h4,6-8,12H,3,5H2,1-2H3. The number of nitrogens with zero attached hydrogens (tertiary/aromatic N) is 2. The fourth-order valence-electron chi connectivity index (χ4n) is 1.62. The van der Waals surface area contributed by atoms with E-state index in [9.17, 15) is 8.42 Å². The Morgan fingerprint density at radius 3 is 2.94 bits per heavy atom. The van der Waals surface area contributed by atoms with Crippen molar-refractivity contribution in [3.63, 3.8) is 0 Å². The van der Waals surface area contributed by atoms with Crippen molar-refractivity contribution in [1.82, 2.24) is 14.1 Å². The molecule has 0 radical (unpaired) electrons. The molecule has 0 aliphatic heterocycles. The lowest BCUT2D eigenvalue weighted by Crippen LogP contribution is -2.24. The van der Waals surface area contributed by atoms with E-state index < -0.39 is 10.0 Å². The van der Waals surface area contributed by atoms with E-state index in [1.165, 1.54) is 0 Å². The van der Waals surface area contributed by atoms with E-state index in [2.05, 4.69) is 9.71 Å². The third-order valence-electron chi connectivity index (χ3n) is 2.41. The van der Waals surface area contributed by atoms with E-state index in [-0.39, 0.29) is 0 Å². The SMILES string of the molecule is Cc1ccn2cc(CCNS(C)(=O)=O)nc2c1. The van der Waals surface area contributed by atoms with E-state index in [0.717, 1.165) is 23.2 Å². The van der Waals surface area contributed by atoms with Crippen molar-refractivity contribution >= 4 is 15.7 Å². The van der Waals surface area contributed by atoms with Gasteiger partial charge in [-0.3, -0.25) is 0 Å². The molecule has 17 heavy (non-hydrogen) atoms. The second-order valence-corrected chi connectivity index (χ2v) is 5.95. The van der Waals surface area contributed by atoms with Gasteiger partial charge in [0.2, 0.25) is 10.0 Å². The molecule has 0 saturated heterocycles. The zero-order valence-corrected chi connectivity index (χ0v) is 10.7. The Bertz CT molecular complexity index is 631. The summed E-state index contributed by atoms with van der Waals surface area (Å²) < 4.78 is 26.2. The lowest BCUT2D eigenvalue weighted by Gasteiger charge is -1.98. The Balaban J connectivity index is 2.09. The predicted molar refractivity (Wildman–Crippen MR) is 66.5 cm³/mol. The second kappa shape index (κ2) is 4.46. The van der Waals surface area contributed by atoms with Gasteiger partial charge in [-0.05, 0) is 24.6 Å². The summed E-state index contributed by atoms with van der Waals surface area (Å²) in [5, 5.41) is 0. The maximum atomic E-state index is 10.9. The van der Waals surface area contributed by atoms with Gasteiger partial charge in [0.1, 0.15) is 5.65 Å². The van der Waals surface area contributed by atoms with Gasteiger partial charge in [0.25, 0.3) is 0 Å². The van der Waals surface area contributed by atoms with Crippen LogP contribution in [0.2, 0.25) is 0 Å². The maximum Gasteiger partial charge on any atom is 0.208 e. The van der Waals surface area contributed by atoms with Gasteiger partial charge in [-0.15, -0.1) is 0 Å². The number of fused-ring (bicyclic) bond motifs is 1. The zero-order chi connectivity index (χ0) is 12.5. The van der Waals surface area contributed by atoms with Gasteiger partial charge < -0.3 is 4.40 Å². The molecule has 92 valence electrons. The van der Waals surface area contributed by atoms with Crippen molar-refractivity contribution in [1.29, 1.82) is 0 Å². The summed E-state index contributed by atoms with van der Waals surface area (Å²) in [4.78, 5) is 4.42. The highest BCUT2D eigenvalue weighted by Crippen LogP contribution is 2.07. The first-order chi connectivity index (χ1) is 7.94. The highest BCUT2D eigenvalue weighted by Gasteiger charge is 2.04. The molecule has 1 N–H and O–H groups in total. The number of rotatable bonds is 4. The maximum absolute atomic E-state index is 10.9. The van der Waals surface area contributed by atoms with Crippen LogP contribution in [0.15, 0.2) is 24.5 Å². The third kappa shape index (κ3) is 3.28. The summed E-state index contributed by atoms with van der Waals surface area (Å²) in [6, 6.07) is 4.00. The number of nitrogens with one attached hydrogen (secondary N) is 1. The monoisotopic (exact) mass is 253 g/mol. The van der Waals surface area contributed by atoms with Crippen LogP contribution in [0, 0.1) is 6.92 Å². The fraction of sp³-hybridized carbons (Fsp3) is 0.364. The summed E-state index contributed by atoms with van der Waals surface area (Å²) in [6.45, 7) is 2.39. The Labute approximate surface area is 101 Å². The quantitative estimate of drug-likeness (QED) is 0.874. The van der Waals surface area contributed by atoms with Crippen molar-refractivity contribution < 1.29 is 8.42 Å². The van der Waals surface area contributed by atoms with Crippen LogP contribution in [0.5, 0.6) is 0 Å². The molecule has 0 atom stereocenters. The summed E-state index contributed by atoms with van der Waals surface area (Å²) in [6.07, 6.45) is 5.61. The molecule has 2 aromatic rings. The molecule has 0 aromatic carbocycles. The summed E-state index contributed by atoms with van der Waals surface area (Å²) in [5.74, 6) is 0. The third-order valence-corrected chi connectivity index (χ3v) is 3.14. The molecule has 0 bridgehead atoms. The van der Waals surface area contributed by atoms with Crippen LogP contribution >= 0.6 is 0 Å². The van der Waals surface area contributed by atoms with Gasteiger partial charge in [0, 0.05) is 25.4 Å². The van der Waals surface area contributed by atoms with Gasteiger partial charge in [-0.25, -0.2) is 18.1 Å². The molecule has 0 unspecified atom stereocenters. The predicted octanol–water partition coefficient (Wildman–Crippen LogP) is 0.734. The smallest absolute Gasteiger partial charge is 0.208 e. The van der Waals surface area contributed by atoms with Crippen molar-refractivity contribution in [3.8, 4) is 0 Å². The summed E-state index contributed by atoms with van der Waals surface area (Å²) >= 11 is 0. The van der Waals surface area contributed by atoms with E-state index in [4.69, 9.17) is 0 Å². The molecule has 6 heteroatoms. The number of hydrogen-bond donors (Lipinski definition) is 1. The van der Waals surface area contributed by atoms with Gasteiger partial charge in [0.05, 0.1) is 11.9 Å². The minimum atomic E-state index is -3.12. The summed E-state index contributed by atoms with van der Waals surface area (Å²) in [7, 11) is -3.12. The average molecular weight is 253 g/mol.